The third-order valence-electron chi connectivity index (χ3n) is 9.78. The Bertz CT molecular complexity index is 1160. The number of benzene rings is 1. The molecular formula is C31H41FN2O4. The van der Waals surface area contributed by atoms with E-state index in [1.807, 2.05) is 30.0 Å². The number of aromatic carboxylic acids is 1. The van der Waals surface area contributed by atoms with Gasteiger partial charge in [-0.05, 0) is 79.5 Å². The summed E-state index contributed by atoms with van der Waals surface area (Å²) < 4.78 is 13.2. The SMILES string of the molecule is C[C@H](CF)C1CCC(C(=O)N2CC[C@@H](C3CCCCC3)[C@H]2C(=O)Cc2ccc3[nH]c(C(=O)O)cc3c2)CC1. The third kappa shape index (κ3) is 5.52. The van der Waals surface area contributed by atoms with Gasteiger partial charge in [0.1, 0.15) is 5.69 Å². The molecule has 6 nitrogen and oxygen atoms in total. The second-order valence-electron chi connectivity index (χ2n) is 12.1. The molecule has 1 aromatic carbocycles. The number of fused-ring (bicyclic) bond motifs is 1. The summed E-state index contributed by atoms with van der Waals surface area (Å²) >= 11 is 0. The highest BCUT2D eigenvalue weighted by atomic mass is 19.1. The van der Waals surface area contributed by atoms with Crippen molar-refractivity contribution in [3.63, 3.8) is 0 Å². The number of carboxylic acids is 1. The standard InChI is InChI=1S/C31H41FN2O4/c1-19(18-32)21-8-10-23(11-9-21)30(36)34-14-13-25(22-5-3-2-4-6-22)29(34)28(35)16-20-7-12-26-24(15-20)17-27(33-26)31(37)38/h7,12,15,17,19,21-23,25,29,33H,2-6,8-11,13-14,16,18H2,1H3,(H,37,38)/t19-,21?,23?,25+,29+/m1/s1. The zero-order valence-corrected chi connectivity index (χ0v) is 22.5. The third-order valence-corrected chi connectivity index (χ3v) is 9.78. The molecule has 3 atom stereocenters. The Hall–Kier alpha value is -2.70. The summed E-state index contributed by atoms with van der Waals surface area (Å²) in [6.45, 7) is 2.31. The molecule has 1 aromatic heterocycles. The van der Waals surface area contributed by atoms with Crippen LogP contribution in [0.1, 0.15) is 87.2 Å². The summed E-state index contributed by atoms with van der Waals surface area (Å²) in [7, 11) is 0. The maximum Gasteiger partial charge on any atom is 0.352 e. The molecule has 1 aliphatic heterocycles. The number of rotatable bonds is 8. The van der Waals surface area contributed by atoms with E-state index in [0.717, 1.165) is 61.4 Å². The van der Waals surface area contributed by atoms with Crippen LogP contribution in [0.4, 0.5) is 4.39 Å². The van der Waals surface area contributed by atoms with Gasteiger partial charge in [0.25, 0.3) is 0 Å². The maximum absolute atomic E-state index is 14.0. The summed E-state index contributed by atoms with van der Waals surface area (Å²) in [5.41, 5.74) is 1.71. The van der Waals surface area contributed by atoms with Crippen molar-refractivity contribution in [2.75, 3.05) is 13.2 Å². The van der Waals surface area contributed by atoms with E-state index in [0.29, 0.717) is 18.4 Å². The van der Waals surface area contributed by atoms with Crippen LogP contribution in [0.15, 0.2) is 24.3 Å². The molecule has 3 aliphatic rings. The first-order valence-corrected chi connectivity index (χ1v) is 14.6. The van der Waals surface area contributed by atoms with Crippen molar-refractivity contribution in [1.29, 1.82) is 0 Å². The number of carbonyl (C=O) groups excluding carboxylic acids is 2. The molecule has 0 unspecified atom stereocenters. The minimum absolute atomic E-state index is 0.0480. The van der Waals surface area contributed by atoms with Crippen molar-refractivity contribution in [3.8, 4) is 0 Å². The van der Waals surface area contributed by atoms with Crippen LogP contribution in [0.2, 0.25) is 0 Å². The number of Topliss-reactive ketones (excluding diaryl/α,β-unsaturated/α-hetero) is 1. The Morgan fingerprint density at radius 3 is 2.45 bits per heavy atom. The highest BCUT2D eigenvalue weighted by Crippen LogP contribution is 2.42. The van der Waals surface area contributed by atoms with E-state index in [1.165, 1.54) is 19.3 Å². The molecule has 0 spiro atoms. The fraction of sp³-hybridized carbons (Fsp3) is 0.645. The van der Waals surface area contributed by atoms with E-state index in [9.17, 15) is 23.9 Å². The maximum atomic E-state index is 14.0. The van der Waals surface area contributed by atoms with Gasteiger partial charge >= 0.3 is 5.97 Å². The van der Waals surface area contributed by atoms with Gasteiger partial charge in [0.15, 0.2) is 5.78 Å². The summed E-state index contributed by atoms with van der Waals surface area (Å²) in [5.74, 6) is 0.240. The zero-order valence-electron chi connectivity index (χ0n) is 22.5. The number of carbonyl (C=O) groups is 3. The van der Waals surface area contributed by atoms with Gasteiger partial charge in [0.05, 0.1) is 12.7 Å². The fourth-order valence-electron chi connectivity index (χ4n) is 7.54. The van der Waals surface area contributed by atoms with E-state index in [1.54, 1.807) is 6.07 Å². The quantitative estimate of drug-likeness (QED) is 0.431. The number of carboxylic acid groups (broad SMARTS) is 1. The number of halogens is 1. The topological polar surface area (TPSA) is 90.5 Å². The lowest BCUT2D eigenvalue weighted by atomic mass is 9.74. The van der Waals surface area contributed by atoms with Crippen LogP contribution < -0.4 is 0 Å². The van der Waals surface area contributed by atoms with Gasteiger partial charge in [-0.15, -0.1) is 0 Å². The molecule has 1 saturated heterocycles. The van der Waals surface area contributed by atoms with Crippen LogP contribution in [-0.2, 0) is 16.0 Å². The van der Waals surface area contributed by atoms with Gasteiger partial charge < -0.3 is 15.0 Å². The van der Waals surface area contributed by atoms with Gasteiger partial charge in [-0.1, -0.05) is 45.1 Å². The number of H-pyrrole nitrogens is 1. The second kappa shape index (κ2) is 11.6. The highest BCUT2D eigenvalue weighted by Gasteiger charge is 2.46. The minimum Gasteiger partial charge on any atom is -0.477 e. The number of ketones is 1. The van der Waals surface area contributed by atoms with Crippen LogP contribution in [-0.4, -0.2) is 51.9 Å². The fourth-order valence-corrected chi connectivity index (χ4v) is 7.54. The molecule has 206 valence electrons. The largest absolute Gasteiger partial charge is 0.477 e. The first kappa shape index (κ1) is 26.9. The van der Waals surface area contributed by atoms with E-state index >= 15 is 0 Å². The molecule has 2 heterocycles. The number of nitrogens with one attached hydrogen (secondary N) is 1. The number of likely N-dealkylation sites (tertiary alicyclic amines) is 1. The molecule has 38 heavy (non-hydrogen) atoms. The van der Waals surface area contributed by atoms with Gasteiger partial charge in [-0.25, -0.2) is 4.79 Å². The second-order valence-corrected chi connectivity index (χ2v) is 12.1. The van der Waals surface area contributed by atoms with Gasteiger partial charge in [-0.2, -0.15) is 0 Å². The summed E-state index contributed by atoms with van der Waals surface area (Å²) in [4.78, 5) is 43.9. The van der Waals surface area contributed by atoms with Crippen molar-refractivity contribution in [2.45, 2.75) is 83.6 Å². The van der Waals surface area contributed by atoms with E-state index < -0.39 is 5.97 Å². The molecule has 2 aromatic rings. The van der Waals surface area contributed by atoms with Gasteiger partial charge in [0.2, 0.25) is 5.91 Å². The normalized spacial score (nSPS) is 27.5. The number of aromatic amines is 1. The summed E-state index contributed by atoms with van der Waals surface area (Å²) in [6, 6.07) is 6.82. The first-order valence-electron chi connectivity index (χ1n) is 14.6. The Morgan fingerprint density at radius 1 is 1.03 bits per heavy atom. The Morgan fingerprint density at radius 2 is 1.76 bits per heavy atom. The molecule has 5 rings (SSSR count). The zero-order chi connectivity index (χ0) is 26.8. The van der Waals surface area contributed by atoms with Crippen molar-refractivity contribution in [3.05, 3.63) is 35.5 Å². The molecule has 0 radical (unpaired) electrons. The predicted octanol–water partition coefficient (Wildman–Crippen LogP) is 6.19. The highest BCUT2D eigenvalue weighted by molar-refractivity contribution is 5.95. The first-order chi connectivity index (χ1) is 18.4. The molecule has 2 saturated carbocycles. The predicted molar refractivity (Wildman–Crippen MR) is 145 cm³/mol. The number of amides is 1. The smallest absolute Gasteiger partial charge is 0.352 e. The van der Waals surface area contributed by atoms with Crippen molar-refractivity contribution >= 4 is 28.6 Å². The van der Waals surface area contributed by atoms with E-state index in [2.05, 4.69) is 4.98 Å². The van der Waals surface area contributed by atoms with Crippen LogP contribution in [0, 0.1) is 29.6 Å². The molecule has 2 aliphatic carbocycles. The van der Waals surface area contributed by atoms with E-state index in [-0.39, 0.29) is 54.3 Å². The van der Waals surface area contributed by atoms with Crippen LogP contribution >= 0.6 is 0 Å². The van der Waals surface area contributed by atoms with Crippen LogP contribution in [0.5, 0.6) is 0 Å². The Kier molecular flexibility index (Phi) is 8.20. The Labute approximate surface area is 224 Å². The number of alkyl halides is 1. The number of hydrogen-bond donors (Lipinski definition) is 2. The molecule has 1 amide bonds. The number of hydrogen-bond acceptors (Lipinski definition) is 3. The average molecular weight is 525 g/mol. The van der Waals surface area contributed by atoms with Crippen LogP contribution in [0.3, 0.4) is 0 Å². The summed E-state index contributed by atoms with van der Waals surface area (Å²) in [6.07, 6.45) is 10.4. The van der Waals surface area contributed by atoms with Crippen molar-refractivity contribution in [2.24, 2.45) is 29.6 Å². The minimum atomic E-state index is -1.01. The van der Waals surface area contributed by atoms with Gasteiger partial charge in [0, 0.05) is 29.8 Å². The molecule has 7 heteroatoms. The lowest BCUT2D eigenvalue weighted by Crippen LogP contribution is -2.48. The number of nitrogens with zero attached hydrogens (tertiary/aromatic N) is 1. The molecule has 0 bridgehead atoms. The molecular weight excluding hydrogens is 483 g/mol. The monoisotopic (exact) mass is 524 g/mol. The van der Waals surface area contributed by atoms with Crippen molar-refractivity contribution in [1.82, 2.24) is 9.88 Å². The summed E-state index contributed by atoms with van der Waals surface area (Å²) in [5, 5.41) is 10.1. The van der Waals surface area contributed by atoms with Crippen molar-refractivity contribution < 1.29 is 23.9 Å². The van der Waals surface area contributed by atoms with E-state index in [4.69, 9.17) is 0 Å². The number of aromatic nitrogens is 1. The average Bonchev–Trinajstić information content (AvgIpc) is 3.58. The Balaban J connectivity index is 1.34. The molecule has 3 fully saturated rings. The lowest BCUT2D eigenvalue weighted by Gasteiger charge is -2.37. The lowest BCUT2D eigenvalue weighted by molar-refractivity contribution is -0.143. The van der Waals surface area contributed by atoms with Gasteiger partial charge in [-0.3, -0.25) is 14.0 Å². The van der Waals surface area contributed by atoms with Crippen LogP contribution in [0.25, 0.3) is 10.9 Å². The molecule has 2 N–H and O–H groups in total.